The van der Waals surface area contributed by atoms with E-state index in [1.165, 1.54) is 18.4 Å². The molecular weight excluding hydrogens is 222 g/mol. The van der Waals surface area contributed by atoms with Gasteiger partial charge in [0.25, 0.3) is 0 Å². The Labute approximate surface area is 110 Å². The van der Waals surface area contributed by atoms with Gasteiger partial charge in [0.1, 0.15) is 0 Å². The van der Waals surface area contributed by atoms with E-state index in [1.54, 1.807) is 7.05 Å². The van der Waals surface area contributed by atoms with Crippen molar-refractivity contribution in [3.05, 3.63) is 35.9 Å². The monoisotopic (exact) mass is 245 g/mol. The summed E-state index contributed by atoms with van der Waals surface area (Å²) in [5, 5.41) is 0. The quantitative estimate of drug-likeness (QED) is 0.642. The van der Waals surface area contributed by atoms with E-state index in [0.29, 0.717) is 17.8 Å². The highest BCUT2D eigenvalue weighted by molar-refractivity contribution is 5.78. The minimum absolute atomic E-state index is 0.664. The Morgan fingerprint density at radius 3 is 2.72 bits per heavy atom. The predicted molar refractivity (Wildman–Crippen MR) is 76.7 cm³/mol. The largest absolute Gasteiger partial charge is 0.370 e. The molecule has 98 valence electrons. The Kier molecular flexibility index (Phi) is 4.24. The van der Waals surface area contributed by atoms with Crippen LogP contribution in [0.5, 0.6) is 0 Å². The first-order valence-corrected chi connectivity index (χ1v) is 6.78. The lowest BCUT2D eigenvalue weighted by atomic mass is 9.79. The van der Waals surface area contributed by atoms with E-state index in [-0.39, 0.29) is 0 Å². The van der Waals surface area contributed by atoms with Crippen molar-refractivity contribution in [2.75, 3.05) is 20.1 Å². The molecule has 1 aliphatic rings. The number of nitrogens with zero attached hydrogens (tertiary/aromatic N) is 2. The fourth-order valence-electron chi connectivity index (χ4n) is 2.93. The van der Waals surface area contributed by atoms with Gasteiger partial charge >= 0.3 is 0 Å². The van der Waals surface area contributed by atoms with Crippen LogP contribution in [-0.4, -0.2) is 31.0 Å². The molecule has 0 aromatic heterocycles. The molecule has 18 heavy (non-hydrogen) atoms. The lowest BCUT2D eigenvalue weighted by Crippen LogP contribution is -2.46. The highest BCUT2D eigenvalue weighted by Crippen LogP contribution is 2.34. The van der Waals surface area contributed by atoms with E-state index in [0.717, 1.165) is 13.1 Å². The molecule has 2 N–H and O–H groups in total. The third kappa shape index (κ3) is 2.66. The summed E-state index contributed by atoms with van der Waals surface area (Å²) in [6.07, 6.45) is 2.35. The van der Waals surface area contributed by atoms with Crippen LogP contribution < -0.4 is 5.73 Å². The second-order valence-electron chi connectivity index (χ2n) is 5.00. The van der Waals surface area contributed by atoms with Gasteiger partial charge in [-0.25, -0.2) is 0 Å². The molecular formula is C15H23N3. The van der Waals surface area contributed by atoms with E-state index in [9.17, 15) is 0 Å². The molecule has 0 amide bonds. The summed E-state index contributed by atoms with van der Waals surface area (Å²) >= 11 is 0. The number of benzene rings is 1. The van der Waals surface area contributed by atoms with E-state index in [1.807, 2.05) is 0 Å². The van der Waals surface area contributed by atoms with E-state index < -0.39 is 0 Å². The van der Waals surface area contributed by atoms with Gasteiger partial charge in [0.15, 0.2) is 5.96 Å². The average molecular weight is 245 g/mol. The zero-order valence-corrected chi connectivity index (χ0v) is 11.3. The average Bonchev–Trinajstić information content (AvgIpc) is 2.46. The van der Waals surface area contributed by atoms with Gasteiger partial charge in [-0.1, -0.05) is 43.7 Å². The SMILES string of the molecule is CCC1CN(C(N)=NC)CCC1c1ccccc1. The molecule has 1 heterocycles. The smallest absolute Gasteiger partial charge is 0.190 e. The maximum absolute atomic E-state index is 5.92. The van der Waals surface area contributed by atoms with Crippen molar-refractivity contribution in [3.63, 3.8) is 0 Å². The number of rotatable bonds is 2. The number of nitrogens with two attached hydrogens (primary N) is 1. The van der Waals surface area contributed by atoms with Gasteiger partial charge in [-0.2, -0.15) is 0 Å². The fourth-order valence-corrected chi connectivity index (χ4v) is 2.93. The van der Waals surface area contributed by atoms with Gasteiger partial charge in [0, 0.05) is 20.1 Å². The molecule has 3 heteroatoms. The molecule has 3 nitrogen and oxygen atoms in total. The van der Waals surface area contributed by atoms with Crippen LogP contribution >= 0.6 is 0 Å². The molecule has 1 aromatic rings. The molecule has 0 bridgehead atoms. The second-order valence-corrected chi connectivity index (χ2v) is 5.00. The van der Waals surface area contributed by atoms with E-state index in [4.69, 9.17) is 5.73 Å². The second kappa shape index (κ2) is 5.89. The third-order valence-electron chi connectivity index (χ3n) is 4.04. The lowest BCUT2D eigenvalue weighted by Gasteiger charge is -2.39. The Morgan fingerprint density at radius 2 is 2.11 bits per heavy atom. The number of hydrogen-bond acceptors (Lipinski definition) is 1. The molecule has 0 radical (unpaired) electrons. The van der Waals surface area contributed by atoms with Crippen molar-refractivity contribution >= 4 is 5.96 Å². The van der Waals surface area contributed by atoms with Crippen LogP contribution in [-0.2, 0) is 0 Å². The van der Waals surface area contributed by atoms with Crippen LogP contribution in [0.4, 0.5) is 0 Å². The fraction of sp³-hybridized carbons (Fsp3) is 0.533. The zero-order valence-electron chi connectivity index (χ0n) is 11.3. The van der Waals surface area contributed by atoms with Crippen molar-refractivity contribution in [1.82, 2.24) is 4.90 Å². The summed E-state index contributed by atoms with van der Waals surface area (Å²) in [7, 11) is 1.76. The number of likely N-dealkylation sites (tertiary alicyclic amines) is 1. The Bertz CT molecular complexity index is 399. The summed E-state index contributed by atoms with van der Waals surface area (Å²) < 4.78 is 0. The normalized spacial score (nSPS) is 25.2. The summed E-state index contributed by atoms with van der Waals surface area (Å²) in [6, 6.07) is 10.9. The third-order valence-corrected chi connectivity index (χ3v) is 4.04. The lowest BCUT2D eigenvalue weighted by molar-refractivity contribution is 0.219. The summed E-state index contributed by atoms with van der Waals surface area (Å²) in [6.45, 7) is 4.31. The number of piperidine rings is 1. The molecule has 1 fully saturated rings. The highest BCUT2D eigenvalue weighted by Gasteiger charge is 2.29. The number of aliphatic imine (C=N–C) groups is 1. The molecule has 0 saturated carbocycles. The molecule has 1 aromatic carbocycles. The molecule has 1 aliphatic heterocycles. The van der Waals surface area contributed by atoms with Crippen LogP contribution in [0.3, 0.4) is 0 Å². The molecule has 2 rings (SSSR count). The van der Waals surface area contributed by atoms with Gasteiger partial charge in [-0.05, 0) is 23.8 Å². The topological polar surface area (TPSA) is 41.6 Å². The van der Waals surface area contributed by atoms with Gasteiger partial charge < -0.3 is 10.6 Å². The Hall–Kier alpha value is -1.51. The first kappa shape index (κ1) is 12.9. The van der Waals surface area contributed by atoms with Crippen molar-refractivity contribution in [2.45, 2.75) is 25.7 Å². The zero-order chi connectivity index (χ0) is 13.0. The summed E-state index contributed by atoms with van der Waals surface area (Å²) in [4.78, 5) is 6.31. The van der Waals surface area contributed by atoms with Gasteiger partial charge in [-0.15, -0.1) is 0 Å². The highest BCUT2D eigenvalue weighted by atomic mass is 15.3. The number of hydrogen-bond donors (Lipinski definition) is 1. The van der Waals surface area contributed by atoms with Crippen LogP contribution in [0, 0.1) is 5.92 Å². The Morgan fingerprint density at radius 1 is 1.39 bits per heavy atom. The summed E-state index contributed by atoms with van der Waals surface area (Å²) in [5.74, 6) is 2.01. The maximum atomic E-state index is 5.92. The minimum Gasteiger partial charge on any atom is -0.370 e. The molecule has 0 spiro atoms. The van der Waals surface area contributed by atoms with Crippen LogP contribution in [0.2, 0.25) is 0 Å². The molecule has 2 atom stereocenters. The van der Waals surface area contributed by atoms with Gasteiger partial charge in [-0.3, -0.25) is 4.99 Å². The maximum Gasteiger partial charge on any atom is 0.190 e. The molecule has 0 aliphatic carbocycles. The number of guanidine groups is 1. The van der Waals surface area contributed by atoms with Crippen molar-refractivity contribution in [2.24, 2.45) is 16.6 Å². The molecule has 1 saturated heterocycles. The Balaban J connectivity index is 2.12. The first-order valence-electron chi connectivity index (χ1n) is 6.78. The van der Waals surface area contributed by atoms with E-state index >= 15 is 0 Å². The van der Waals surface area contributed by atoms with Crippen LogP contribution in [0.25, 0.3) is 0 Å². The minimum atomic E-state index is 0.664. The van der Waals surface area contributed by atoms with Crippen molar-refractivity contribution in [3.8, 4) is 0 Å². The van der Waals surface area contributed by atoms with E-state index in [2.05, 4.69) is 47.1 Å². The van der Waals surface area contributed by atoms with Gasteiger partial charge in [0.2, 0.25) is 0 Å². The van der Waals surface area contributed by atoms with Gasteiger partial charge in [0.05, 0.1) is 0 Å². The molecule has 2 unspecified atom stereocenters. The van der Waals surface area contributed by atoms with Crippen molar-refractivity contribution in [1.29, 1.82) is 0 Å². The first-order chi connectivity index (χ1) is 8.76. The standard InChI is InChI=1S/C15H23N3/c1-3-12-11-18(15(16)17-2)10-9-14(12)13-7-5-4-6-8-13/h4-8,12,14H,3,9-11H2,1-2H3,(H2,16,17). The van der Waals surface area contributed by atoms with Crippen LogP contribution in [0.1, 0.15) is 31.2 Å². The van der Waals surface area contributed by atoms with Crippen LogP contribution in [0.15, 0.2) is 35.3 Å². The van der Waals surface area contributed by atoms with Crippen molar-refractivity contribution < 1.29 is 0 Å². The predicted octanol–water partition coefficient (Wildman–Crippen LogP) is 2.45. The summed E-state index contributed by atoms with van der Waals surface area (Å²) in [5.41, 5.74) is 7.39.